The third kappa shape index (κ3) is 4.62. The van der Waals surface area contributed by atoms with Crippen LogP contribution in [-0.4, -0.2) is 19.7 Å². The standard InChI is InChI=1S/C15H20O3/c1-4-18-14-10-9-12(2)11-13(14)7-5-6-8-15(16)17-3/h5,7,9-11H,4,6,8H2,1-3H3/b7-5+. The summed E-state index contributed by atoms with van der Waals surface area (Å²) in [5, 5.41) is 0. The highest BCUT2D eigenvalue weighted by Crippen LogP contribution is 2.21. The van der Waals surface area contributed by atoms with Gasteiger partial charge in [0.2, 0.25) is 0 Å². The molecule has 1 rings (SSSR count). The lowest BCUT2D eigenvalue weighted by Crippen LogP contribution is -1.98. The molecule has 0 radical (unpaired) electrons. The van der Waals surface area contributed by atoms with E-state index in [1.54, 1.807) is 0 Å². The van der Waals surface area contributed by atoms with Gasteiger partial charge >= 0.3 is 5.97 Å². The molecule has 0 fully saturated rings. The van der Waals surface area contributed by atoms with Crippen LogP contribution < -0.4 is 4.74 Å². The second-order valence-corrected chi connectivity index (χ2v) is 3.99. The van der Waals surface area contributed by atoms with Crippen molar-refractivity contribution in [2.45, 2.75) is 26.7 Å². The topological polar surface area (TPSA) is 35.5 Å². The van der Waals surface area contributed by atoms with Crippen LogP contribution in [0, 0.1) is 6.92 Å². The third-order valence-corrected chi connectivity index (χ3v) is 2.51. The van der Waals surface area contributed by atoms with Gasteiger partial charge in [-0.1, -0.05) is 23.8 Å². The number of aryl methyl sites for hydroxylation is 1. The van der Waals surface area contributed by atoms with Gasteiger partial charge in [-0.05, 0) is 32.4 Å². The number of benzene rings is 1. The predicted octanol–water partition coefficient (Wildman–Crippen LogP) is 3.36. The minimum absolute atomic E-state index is 0.186. The number of carbonyl (C=O) groups excluding carboxylic acids is 1. The molecule has 0 aromatic heterocycles. The SMILES string of the molecule is CCOc1ccc(C)cc1/C=C/CCC(=O)OC. The van der Waals surface area contributed by atoms with E-state index in [4.69, 9.17) is 4.74 Å². The summed E-state index contributed by atoms with van der Waals surface area (Å²) in [7, 11) is 1.40. The van der Waals surface area contributed by atoms with Gasteiger partial charge in [0.15, 0.2) is 0 Å². The number of hydrogen-bond acceptors (Lipinski definition) is 3. The fourth-order valence-corrected chi connectivity index (χ4v) is 1.60. The zero-order valence-electron chi connectivity index (χ0n) is 11.2. The molecule has 0 unspecified atom stereocenters. The van der Waals surface area contributed by atoms with Crippen LogP contribution in [0.3, 0.4) is 0 Å². The Hall–Kier alpha value is -1.77. The summed E-state index contributed by atoms with van der Waals surface area (Å²) in [6.07, 6.45) is 5.03. The molecule has 0 saturated heterocycles. The Labute approximate surface area is 108 Å². The Kier molecular flexibility index (Phi) is 5.98. The van der Waals surface area contributed by atoms with E-state index in [1.165, 1.54) is 12.7 Å². The van der Waals surface area contributed by atoms with Crippen molar-refractivity contribution in [1.82, 2.24) is 0 Å². The molecule has 0 heterocycles. The lowest BCUT2D eigenvalue weighted by Gasteiger charge is -2.07. The van der Waals surface area contributed by atoms with Gasteiger partial charge in [0.05, 0.1) is 13.7 Å². The molecular weight excluding hydrogens is 228 g/mol. The number of ether oxygens (including phenoxy) is 2. The molecule has 18 heavy (non-hydrogen) atoms. The number of hydrogen-bond donors (Lipinski definition) is 0. The maximum Gasteiger partial charge on any atom is 0.305 e. The van der Waals surface area contributed by atoms with Gasteiger partial charge in [-0.3, -0.25) is 4.79 Å². The van der Waals surface area contributed by atoms with Crippen LogP contribution in [0.1, 0.15) is 30.9 Å². The number of esters is 1. The quantitative estimate of drug-likeness (QED) is 0.724. The first-order valence-corrected chi connectivity index (χ1v) is 6.14. The maximum atomic E-state index is 11.0. The van der Waals surface area contributed by atoms with Crippen molar-refractivity contribution in [1.29, 1.82) is 0 Å². The smallest absolute Gasteiger partial charge is 0.305 e. The number of allylic oxidation sites excluding steroid dienone is 1. The molecule has 3 nitrogen and oxygen atoms in total. The molecule has 0 spiro atoms. The number of methoxy groups -OCH3 is 1. The van der Waals surface area contributed by atoms with Crippen molar-refractivity contribution in [3.63, 3.8) is 0 Å². The molecule has 0 aliphatic rings. The van der Waals surface area contributed by atoms with Crippen LogP contribution >= 0.6 is 0 Å². The van der Waals surface area contributed by atoms with Gasteiger partial charge in [-0.25, -0.2) is 0 Å². The molecule has 0 saturated carbocycles. The van der Waals surface area contributed by atoms with E-state index in [0.717, 1.165) is 11.3 Å². The van der Waals surface area contributed by atoms with Gasteiger partial charge in [0.1, 0.15) is 5.75 Å². The molecule has 98 valence electrons. The second kappa shape index (κ2) is 7.54. The van der Waals surface area contributed by atoms with Crippen molar-refractivity contribution in [2.75, 3.05) is 13.7 Å². The van der Waals surface area contributed by atoms with Gasteiger partial charge in [0, 0.05) is 12.0 Å². The fourth-order valence-electron chi connectivity index (χ4n) is 1.60. The molecule has 0 bridgehead atoms. The minimum Gasteiger partial charge on any atom is -0.493 e. The largest absolute Gasteiger partial charge is 0.493 e. The Bertz CT molecular complexity index is 422. The molecule has 3 heteroatoms. The summed E-state index contributed by atoms with van der Waals surface area (Å²) in [5.41, 5.74) is 2.23. The van der Waals surface area contributed by atoms with E-state index in [2.05, 4.69) is 10.8 Å². The van der Waals surface area contributed by atoms with E-state index in [0.29, 0.717) is 19.4 Å². The van der Waals surface area contributed by atoms with Crippen LogP contribution in [0.4, 0.5) is 0 Å². The second-order valence-electron chi connectivity index (χ2n) is 3.99. The zero-order chi connectivity index (χ0) is 13.4. The van der Waals surface area contributed by atoms with Crippen LogP contribution in [0.25, 0.3) is 6.08 Å². The molecule has 1 aromatic carbocycles. The maximum absolute atomic E-state index is 11.0. The van der Waals surface area contributed by atoms with Gasteiger partial charge in [-0.2, -0.15) is 0 Å². The predicted molar refractivity (Wildman–Crippen MR) is 72.6 cm³/mol. The third-order valence-electron chi connectivity index (χ3n) is 2.51. The molecular formula is C15H20O3. The zero-order valence-corrected chi connectivity index (χ0v) is 11.2. The molecule has 0 amide bonds. The van der Waals surface area contributed by atoms with Crippen molar-refractivity contribution in [3.05, 3.63) is 35.4 Å². The van der Waals surface area contributed by atoms with Crippen molar-refractivity contribution < 1.29 is 14.3 Å². The highest BCUT2D eigenvalue weighted by molar-refractivity contribution is 5.69. The highest BCUT2D eigenvalue weighted by Gasteiger charge is 2.01. The first-order chi connectivity index (χ1) is 8.67. The van der Waals surface area contributed by atoms with Crippen LogP contribution in [0.2, 0.25) is 0 Å². The highest BCUT2D eigenvalue weighted by atomic mass is 16.5. The summed E-state index contributed by atoms with van der Waals surface area (Å²) < 4.78 is 10.1. The molecule has 0 aliphatic carbocycles. The minimum atomic E-state index is -0.186. The van der Waals surface area contributed by atoms with Crippen molar-refractivity contribution in [3.8, 4) is 5.75 Å². The summed E-state index contributed by atoms with van der Waals surface area (Å²) in [4.78, 5) is 11.0. The molecule has 0 atom stereocenters. The van der Waals surface area contributed by atoms with Crippen LogP contribution in [0.15, 0.2) is 24.3 Å². The summed E-state index contributed by atoms with van der Waals surface area (Å²) in [6.45, 7) is 4.65. The first-order valence-electron chi connectivity index (χ1n) is 6.14. The molecule has 0 N–H and O–H groups in total. The average Bonchev–Trinajstić information content (AvgIpc) is 2.37. The van der Waals surface area contributed by atoms with Gasteiger partial charge < -0.3 is 9.47 Å². The first kappa shape index (κ1) is 14.3. The lowest BCUT2D eigenvalue weighted by molar-refractivity contribution is -0.140. The van der Waals surface area contributed by atoms with E-state index in [9.17, 15) is 4.79 Å². The van der Waals surface area contributed by atoms with Gasteiger partial charge in [-0.15, -0.1) is 0 Å². The Balaban J connectivity index is 2.66. The Morgan fingerprint density at radius 3 is 2.83 bits per heavy atom. The van der Waals surface area contributed by atoms with E-state index < -0.39 is 0 Å². The van der Waals surface area contributed by atoms with Crippen molar-refractivity contribution in [2.24, 2.45) is 0 Å². The number of rotatable bonds is 6. The Morgan fingerprint density at radius 1 is 1.39 bits per heavy atom. The monoisotopic (exact) mass is 248 g/mol. The van der Waals surface area contributed by atoms with E-state index in [-0.39, 0.29) is 5.97 Å². The van der Waals surface area contributed by atoms with Gasteiger partial charge in [0.25, 0.3) is 0 Å². The van der Waals surface area contributed by atoms with Crippen LogP contribution in [0.5, 0.6) is 5.75 Å². The molecule has 1 aromatic rings. The Morgan fingerprint density at radius 2 is 2.17 bits per heavy atom. The van der Waals surface area contributed by atoms with Crippen molar-refractivity contribution >= 4 is 12.0 Å². The summed E-state index contributed by atoms with van der Waals surface area (Å²) in [6, 6.07) is 6.06. The lowest BCUT2D eigenvalue weighted by atomic mass is 10.1. The normalized spacial score (nSPS) is 10.6. The number of carbonyl (C=O) groups is 1. The van der Waals surface area contributed by atoms with E-state index >= 15 is 0 Å². The average molecular weight is 248 g/mol. The summed E-state index contributed by atoms with van der Waals surface area (Å²) >= 11 is 0. The fraction of sp³-hybridized carbons (Fsp3) is 0.400. The molecule has 0 aliphatic heterocycles. The van der Waals surface area contributed by atoms with Crippen LogP contribution in [-0.2, 0) is 9.53 Å². The van der Waals surface area contributed by atoms with E-state index in [1.807, 2.05) is 38.1 Å². The summed E-state index contributed by atoms with van der Waals surface area (Å²) in [5.74, 6) is 0.686.